The van der Waals surface area contributed by atoms with Crippen LogP contribution < -0.4 is 0 Å². The molecule has 1 aromatic carbocycles. The summed E-state index contributed by atoms with van der Waals surface area (Å²) in [5, 5.41) is 0. The molecule has 0 unspecified atom stereocenters. The molecule has 0 bridgehead atoms. The van der Waals surface area contributed by atoms with E-state index in [1.54, 1.807) is 0 Å². The number of aromatic amines is 1. The Balaban J connectivity index is 1.66. The van der Waals surface area contributed by atoms with Gasteiger partial charge >= 0.3 is 5.97 Å². The monoisotopic (exact) mass is 230 g/mol. The van der Waals surface area contributed by atoms with Gasteiger partial charge in [-0.05, 0) is 24.5 Å². The van der Waals surface area contributed by atoms with E-state index in [4.69, 9.17) is 4.74 Å². The van der Waals surface area contributed by atoms with Crippen molar-refractivity contribution < 1.29 is 9.53 Å². The van der Waals surface area contributed by atoms with Crippen molar-refractivity contribution in [3.63, 3.8) is 0 Å². The summed E-state index contributed by atoms with van der Waals surface area (Å²) in [7, 11) is 0. The molecular formula is C13H14N2O2. The molecule has 1 fully saturated rings. The van der Waals surface area contributed by atoms with E-state index in [1.165, 1.54) is 0 Å². The number of benzene rings is 1. The Bertz CT molecular complexity index is 528. The second-order valence-electron chi connectivity index (χ2n) is 4.63. The van der Waals surface area contributed by atoms with Crippen LogP contribution in [0.25, 0.3) is 11.0 Å². The Morgan fingerprint density at radius 3 is 3.00 bits per heavy atom. The summed E-state index contributed by atoms with van der Waals surface area (Å²) in [5.41, 5.74) is 1.87. The highest BCUT2D eigenvalue weighted by molar-refractivity contribution is 5.76. The van der Waals surface area contributed by atoms with Gasteiger partial charge in [-0.25, -0.2) is 4.98 Å². The van der Waals surface area contributed by atoms with Gasteiger partial charge in [0.05, 0.1) is 17.0 Å². The number of carbonyl (C=O) groups excluding carboxylic acids is 1. The molecule has 0 saturated heterocycles. The van der Waals surface area contributed by atoms with Crippen LogP contribution in [0.4, 0.5) is 0 Å². The minimum Gasteiger partial charge on any atom is -0.457 e. The van der Waals surface area contributed by atoms with E-state index in [0.29, 0.717) is 11.7 Å². The lowest BCUT2D eigenvalue weighted by Gasteiger charge is -2.00. The lowest BCUT2D eigenvalue weighted by molar-refractivity contribution is -0.147. The number of hydrogen-bond donors (Lipinski definition) is 1. The van der Waals surface area contributed by atoms with Crippen molar-refractivity contribution in [2.45, 2.75) is 20.0 Å². The average Bonchev–Trinajstić information content (AvgIpc) is 2.92. The number of nitrogens with one attached hydrogen (secondary N) is 1. The summed E-state index contributed by atoms with van der Waals surface area (Å²) in [6.45, 7) is 2.30. The summed E-state index contributed by atoms with van der Waals surface area (Å²) in [6.07, 6.45) is 0.957. The standard InChI is InChI=1S/C13H14N2O2/c1-8-6-9(8)13(16)17-7-12-14-10-4-2-3-5-11(10)15-12/h2-5,8-9H,6-7H2,1H3,(H,14,15)/t8-,9+/m1/s1. The number of ether oxygens (including phenoxy) is 1. The Labute approximate surface area is 99.0 Å². The second kappa shape index (κ2) is 3.87. The minimum absolute atomic E-state index is 0.0991. The second-order valence-corrected chi connectivity index (χ2v) is 4.63. The highest BCUT2D eigenvalue weighted by atomic mass is 16.5. The van der Waals surface area contributed by atoms with Crippen molar-refractivity contribution in [2.75, 3.05) is 0 Å². The van der Waals surface area contributed by atoms with Crippen molar-refractivity contribution in [2.24, 2.45) is 11.8 Å². The number of fused-ring (bicyclic) bond motifs is 1. The maximum absolute atomic E-state index is 11.5. The first kappa shape index (κ1) is 10.3. The smallest absolute Gasteiger partial charge is 0.309 e. The van der Waals surface area contributed by atoms with Crippen LogP contribution in [-0.2, 0) is 16.1 Å². The summed E-state index contributed by atoms with van der Waals surface area (Å²) in [6, 6.07) is 7.77. The minimum atomic E-state index is -0.0991. The molecule has 88 valence electrons. The molecule has 1 N–H and O–H groups in total. The van der Waals surface area contributed by atoms with E-state index in [1.807, 2.05) is 24.3 Å². The molecule has 1 aliphatic rings. The number of carbonyl (C=O) groups is 1. The first-order chi connectivity index (χ1) is 8.24. The van der Waals surface area contributed by atoms with Crippen LogP contribution >= 0.6 is 0 Å². The summed E-state index contributed by atoms with van der Waals surface area (Å²) in [5.74, 6) is 1.20. The summed E-state index contributed by atoms with van der Waals surface area (Å²) in [4.78, 5) is 19.0. The van der Waals surface area contributed by atoms with Gasteiger partial charge in [0.1, 0.15) is 12.4 Å². The number of esters is 1. The largest absolute Gasteiger partial charge is 0.457 e. The molecular weight excluding hydrogens is 216 g/mol. The van der Waals surface area contributed by atoms with E-state index in [9.17, 15) is 4.79 Å². The number of para-hydroxylation sites is 2. The summed E-state index contributed by atoms with van der Waals surface area (Å²) >= 11 is 0. The molecule has 1 saturated carbocycles. The Hall–Kier alpha value is -1.84. The SMILES string of the molecule is C[C@@H]1C[C@@H]1C(=O)OCc1nc2ccccc2[nH]1. The van der Waals surface area contributed by atoms with E-state index >= 15 is 0 Å². The third kappa shape index (κ3) is 2.02. The molecule has 1 heterocycles. The van der Waals surface area contributed by atoms with Crippen LogP contribution in [0.5, 0.6) is 0 Å². The van der Waals surface area contributed by atoms with Crippen molar-refractivity contribution in [3.05, 3.63) is 30.1 Å². The number of rotatable bonds is 3. The molecule has 17 heavy (non-hydrogen) atoms. The van der Waals surface area contributed by atoms with Gasteiger partial charge in [0.2, 0.25) is 0 Å². The van der Waals surface area contributed by atoms with Gasteiger partial charge in [-0.2, -0.15) is 0 Å². The molecule has 0 aliphatic heterocycles. The zero-order chi connectivity index (χ0) is 11.8. The van der Waals surface area contributed by atoms with Crippen molar-refractivity contribution in [3.8, 4) is 0 Å². The van der Waals surface area contributed by atoms with Gasteiger partial charge in [-0.15, -0.1) is 0 Å². The van der Waals surface area contributed by atoms with Gasteiger partial charge in [0, 0.05) is 0 Å². The fourth-order valence-corrected chi connectivity index (χ4v) is 1.97. The van der Waals surface area contributed by atoms with E-state index in [0.717, 1.165) is 17.5 Å². The molecule has 0 radical (unpaired) electrons. The number of H-pyrrole nitrogens is 1. The lowest BCUT2D eigenvalue weighted by atomic mass is 10.3. The molecule has 3 rings (SSSR count). The van der Waals surface area contributed by atoms with Crippen LogP contribution in [0.2, 0.25) is 0 Å². The van der Waals surface area contributed by atoms with Gasteiger partial charge in [0.25, 0.3) is 0 Å². The van der Waals surface area contributed by atoms with Crippen molar-refractivity contribution in [1.82, 2.24) is 9.97 Å². The fraction of sp³-hybridized carbons (Fsp3) is 0.385. The Morgan fingerprint density at radius 1 is 1.53 bits per heavy atom. The zero-order valence-electron chi connectivity index (χ0n) is 9.64. The van der Waals surface area contributed by atoms with Crippen molar-refractivity contribution >= 4 is 17.0 Å². The molecule has 0 amide bonds. The lowest BCUT2D eigenvalue weighted by Crippen LogP contribution is -2.08. The molecule has 4 nitrogen and oxygen atoms in total. The highest BCUT2D eigenvalue weighted by Gasteiger charge is 2.40. The Morgan fingerprint density at radius 2 is 2.29 bits per heavy atom. The summed E-state index contributed by atoms with van der Waals surface area (Å²) < 4.78 is 5.22. The number of aromatic nitrogens is 2. The normalized spacial score (nSPS) is 22.6. The van der Waals surface area contributed by atoms with Crippen molar-refractivity contribution in [1.29, 1.82) is 0 Å². The highest BCUT2D eigenvalue weighted by Crippen LogP contribution is 2.38. The maximum Gasteiger partial charge on any atom is 0.309 e. The first-order valence-corrected chi connectivity index (χ1v) is 5.84. The molecule has 1 aromatic heterocycles. The predicted molar refractivity (Wildman–Crippen MR) is 63.2 cm³/mol. The molecule has 2 aromatic rings. The number of imidazole rings is 1. The predicted octanol–water partition coefficient (Wildman–Crippen LogP) is 2.26. The zero-order valence-corrected chi connectivity index (χ0v) is 9.64. The van der Waals surface area contributed by atoms with E-state index in [2.05, 4.69) is 16.9 Å². The topological polar surface area (TPSA) is 55.0 Å². The quantitative estimate of drug-likeness (QED) is 0.823. The molecule has 1 aliphatic carbocycles. The van der Waals surface area contributed by atoms with Gasteiger partial charge in [-0.1, -0.05) is 19.1 Å². The van der Waals surface area contributed by atoms with E-state index < -0.39 is 0 Å². The van der Waals surface area contributed by atoms with Crippen LogP contribution in [0.3, 0.4) is 0 Å². The van der Waals surface area contributed by atoms with Crippen LogP contribution in [0.15, 0.2) is 24.3 Å². The van der Waals surface area contributed by atoms with E-state index in [-0.39, 0.29) is 18.5 Å². The van der Waals surface area contributed by atoms with Crippen LogP contribution in [0.1, 0.15) is 19.2 Å². The van der Waals surface area contributed by atoms with Crippen LogP contribution in [0, 0.1) is 11.8 Å². The van der Waals surface area contributed by atoms with Gasteiger partial charge < -0.3 is 9.72 Å². The first-order valence-electron chi connectivity index (χ1n) is 5.84. The third-order valence-corrected chi connectivity index (χ3v) is 3.20. The van der Waals surface area contributed by atoms with Crippen LogP contribution in [-0.4, -0.2) is 15.9 Å². The molecule has 0 spiro atoms. The molecule has 2 atom stereocenters. The fourth-order valence-electron chi connectivity index (χ4n) is 1.97. The number of nitrogens with zero attached hydrogens (tertiary/aromatic N) is 1. The molecule has 4 heteroatoms. The third-order valence-electron chi connectivity index (χ3n) is 3.20. The maximum atomic E-state index is 11.5. The average molecular weight is 230 g/mol. The van der Waals surface area contributed by atoms with Gasteiger partial charge in [-0.3, -0.25) is 4.79 Å². The Kier molecular flexibility index (Phi) is 2.35. The van der Waals surface area contributed by atoms with Gasteiger partial charge in [0.15, 0.2) is 0 Å². The number of hydrogen-bond acceptors (Lipinski definition) is 3.